The molecule has 0 fully saturated rings. The van der Waals surface area contributed by atoms with Crippen LogP contribution >= 0.6 is 0 Å². The molecule has 0 bridgehead atoms. The average Bonchev–Trinajstić information content (AvgIpc) is 2.09. The molecule has 0 radical (unpaired) electrons. The normalized spacial score (nSPS) is 12.5. The molecule has 0 spiro atoms. The van der Waals surface area contributed by atoms with Crippen molar-refractivity contribution in [1.29, 1.82) is 0 Å². The lowest BCUT2D eigenvalue weighted by molar-refractivity contribution is 0.220. The second-order valence-electron chi connectivity index (χ2n) is 3.30. The maximum atomic E-state index is 5.65. The van der Waals surface area contributed by atoms with Crippen LogP contribution in [0, 0.1) is 6.92 Å². The fourth-order valence-corrected chi connectivity index (χ4v) is 1.18. The minimum Gasteiger partial charge on any atom is -0.489 e. The van der Waals surface area contributed by atoms with Gasteiger partial charge in [-0.25, -0.2) is 0 Å². The zero-order valence-corrected chi connectivity index (χ0v) is 8.50. The van der Waals surface area contributed by atoms with Crippen LogP contribution in [0.15, 0.2) is 24.3 Å². The molecule has 0 amide bonds. The van der Waals surface area contributed by atoms with E-state index in [4.69, 9.17) is 4.74 Å². The Morgan fingerprint density at radius 2 is 1.92 bits per heavy atom. The summed E-state index contributed by atoms with van der Waals surface area (Å²) in [6.07, 6.45) is 0.215. The van der Waals surface area contributed by atoms with Crippen LogP contribution < -0.4 is 10.1 Å². The van der Waals surface area contributed by atoms with Gasteiger partial charge in [-0.15, -0.1) is 0 Å². The van der Waals surface area contributed by atoms with Crippen molar-refractivity contribution in [2.75, 3.05) is 13.6 Å². The van der Waals surface area contributed by atoms with Crippen LogP contribution in [-0.2, 0) is 0 Å². The van der Waals surface area contributed by atoms with Crippen LogP contribution in [0.3, 0.4) is 0 Å². The summed E-state index contributed by atoms with van der Waals surface area (Å²) in [5.41, 5.74) is 1.26. The Morgan fingerprint density at radius 1 is 1.31 bits per heavy atom. The Labute approximate surface area is 79.9 Å². The third kappa shape index (κ3) is 3.47. The number of hydrogen-bond acceptors (Lipinski definition) is 2. The van der Waals surface area contributed by atoms with E-state index < -0.39 is 0 Å². The number of nitrogens with one attached hydrogen (secondary N) is 1. The van der Waals surface area contributed by atoms with E-state index in [1.807, 2.05) is 19.2 Å². The molecule has 72 valence electrons. The van der Waals surface area contributed by atoms with Gasteiger partial charge in [0.15, 0.2) is 0 Å². The van der Waals surface area contributed by atoms with Crippen LogP contribution in [0.5, 0.6) is 5.75 Å². The summed E-state index contributed by atoms with van der Waals surface area (Å²) in [6, 6.07) is 8.12. The molecule has 2 nitrogen and oxygen atoms in total. The molecular weight excluding hydrogens is 162 g/mol. The molecule has 0 heterocycles. The summed E-state index contributed by atoms with van der Waals surface area (Å²) in [4.78, 5) is 0. The molecule has 2 heteroatoms. The van der Waals surface area contributed by atoms with Gasteiger partial charge in [0.2, 0.25) is 0 Å². The minimum absolute atomic E-state index is 0.215. The van der Waals surface area contributed by atoms with E-state index in [1.54, 1.807) is 0 Å². The van der Waals surface area contributed by atoms with E-state index in [-0.39, 0.29) is 6.10 Å². The highest BCUT2D eigenvalue weighted by atomic mass is 16.5. The van der Waals surface area contributed by atoms with Crippen LogP contribution in [0.2, 0.25) is 0 Å². The molecule has 13 heavy (non-hydrogen) atoms. The van der Waals surface area contributed by atoms with Crippen molar-refractivity contribution >= 4 is 0 Å². The number of benzene rings is 1. The fourth-order valence-electron chi connectivity index (χ4n) is 1.18. The molecule has 1 N–H and O–H groups in total. The van der Waals surface area contributed by atoms with Crippen LogP contribution in [0.25, 0.3) is 0 Å². The largest absolute Gasteiger partial charge is 0.489 e. The maximum absolute atomic E-state index is 5.65. The molecule has 0 aliphatic rings. The van der Waals surface area contributed by atoms with Gasteiger partial charge in [0, 0.05) is 6.54 Å². The first-order chi connectivity index (χ1) is 6.22. The highest BCUT2D eigenvalue weighted by molar-refractivity contribution is 5.26. The van der Waals surface area contributed by atoms with Gasteiger partial charge in [-0.05, 0) is 33.0 Å². The van der Waals surface area contributed by atoms with E-state index in [1.165, 1.54) is 5.56 Å². The van der Waals surface area contributed by atoms with E-state index in [2.05, 4.69) is 31.3 Å². The zero-order chi connectivity index (χ0) is 9.68. The molecule has 0 saturated carbocycles. The van der Waals surface area contributed by atoms with Crippen molar-refractivity contribution in [3.8, 4) is 5.75 Å². The van der Waals surface area contributed by atoms with Crippen LogP contribution in [-0.4, -0.2) is 19.7 Å². The van der Waals surface area contributed by atoms with E-state index in [9.17, 15) is 0 Å². The SMILES string of the molecule is CNCC(C)Oc1ccc(C)cc1. The maximum Gasteiger partial charge on any atom is 0.119 e. The predicted octanol–water partition coefficient (Wildman–Crippen LogP) is 1.98. The molecular formula is C11H17NO. The molecule has 1 atom stereocenters. The summed E-state index contributed by atoms with van der Waals surface area (Å²) in [6.45, 7) is 4.99. The Balaban J connectivity index is 2.49. The van der Waals surface area contributed by atoms with E-state index in [0.717, 1.165) is 12.3 Å². The lowest BCUT2D eigenvalue weighted by Crippen LogP contribution is -2.25. The second-order valence-corrected chi connectivity index (χ2v) is 3.30. The lowest BCUT2D eigenvalue weighted by atomic mass is 10.2. The van der Waals surface area contributed by atoms with Crippen molar-refractivity contribution in [1.82, 2.24) is 5.32 Å². The van der Waals surface area contributed by atoms with Gasteiger partial charge >= 0.3 is 0 Å². The van der Waals surface area contributed by atoms with Crippen molar-refractivity contribution in [3.05, 3.63) is 29.8 Å². The van der Waals surface area contributed by atoms with Gasteiger partial charge in [0.05, 0.1) is 0 Å². The van der Waals surface area contributed by atoms with Crippen LogP contribution in [0.4, 0.5) is 0 Å². The fraction of sp³-hybridized carbons (Fsp3) is 0.455. The topological polar surface area (TPSA) is 21.3 Å². The van der Waals surface area contributed by atoms with E-state index >= 15 is 0 Å². The number of likely N-dealkylation sites (N-methyl/N-ethyl adjacent to an activating group) is 1. The predicted molar refractivity (Wildman–Crippen MR) is 55.2 cm³/mol. The van der Waals surface area contributed by atoms with Crippen molar-refractivity contribution in [2.45, 2.75) is 20.0 Å². The first-order valence-electron chi connectivity index (χ1n) is 4.60. The van der Waals surface area contributed by atoms with Gasteiger partial charge in [0.25, 0.3) is 0 Å². The van der Waals surface area contributed by atoms with Gasteiger partial charge in [-0.2, -0.15) is 0 Å². The Morgan fingerprint density at radius 3 is 2.46 bits per heavy atom. The van der Waals surface area contributed by atoms with Crippen molar-refractivity contribution < 1.29 is 4.74 Å². The first kappa shape index (κ1) is 10.1. The minimum atomic E-state index is 0.215. The Hall–Kier alpha value is -1.02. The quantitative estimate of drug-likeness (QED) is 0.763. The number of aryl methyl sites for hydroxylation is 1. The zero-order valence-electron chi connectivity index (χ0n) is 8.50. The molecule has 1 aromatic carbocycles. The third-order valence-corrected chi connectivity index (χ3v) is 1.85. The molecule has 0 aliphatic carbocycles. The Bertz CT molecular complexity index is 243. The van der Waals surface area contributed by atoms with Gasteiger partial charge in [-0.1, -0.05) is 17.7 Å². The van der Waals surface area contributed by atoms with Crippen LogP contribution in [0.1, 0.15) is 12.5 Å². The standard InChI is InChI=1S/C11H17NO/c1-9-4-6-11(7-5-9)13-10(2)8-12-3/h4-7,10,12H,8H2,1-3H3. The summed E-state index contributed by atoms with van der Waals surface area (Å²) in [7, 11) is 1.93. The number of hydrogen-bond donors (Lipinski definition) is 1. The molecule has 1 rings (SSSR count). The van der Waals surface area contributed by atoms with E-state index in [0.29, 0.717) is 0 Å². The molecule has 0 aliphatic heterocycles. The number of ether oxygens (including phenoxy) is 1. The molecule has 1 aromatic rings. The number of rotatable bonds is 4. The third-order valence-electron chi connectivity index (χ3n) is 1.85. The summed E-state index contributed by atoms with van der Waals surface area (Å²) in [5.74, 6) is 0.938. The van der Waals surface area contributed by atoms with Gasteiger partial charge in [-0.3, -0.25) is 0 Å². The van der Waals surface area contributed by atoms with Crippen molar-refractivity contribution in [2.24, 2.45) is 0 Å². The highest BCUT2D eigenvalue weighted by Gasteiger charge is 2.00. The lowest BCUT2D eigenvalue weighted by Gasteiger charge is -2.13. The van der Waals surface area contributed by atoms with Crippen molar-refractivity contribution in [3.63, 3.8) is 0 Å². The second kappa shape index (κ2) is 4.87. The van der Waals surface area contributed by atoms with Gasteiger partial charge in [0.1, 0.15) is 11.9 Å². The summed E-state index contributed by atoms with van der Waals surface area (Å²) in [5, 5.41) is 3.07. The summed E-state index contributed by atoms with van der Waals surface area (Å²) < 4.78 is 5.65. The van der Waals surface area contributed by atoms with Gasteiger partial charge < -0.3 is 10.1 Å². The molecule has 1 unspecified atom stereocenters. The molecule has 0 aromatic heterocycles. The highest BCUT2D eigenvalue weighted by Crippen LogP contribution is 2.12. The first-order valence-corrected chi connectivity index (χ1v) is 4.60. The smallest absolute Gasteiger partial charge is 0.119 e. The Kier molecular flexibility index (Phi) is 3.77. The molecule has 0 saturated heterocycles. The monoisotopic (exact) mass is 179 g/mol. The summed E-state index contributed by atoms with van der Waals surface area (Å²) >= 11 is 0. The average molecular weight is 179 g/mol.